The third kappa shape index (κ3) is 4.46. The van der Waals surface area contributed by atoms with E-state index >= 15 is 0 Å². The second-order valence-corrected chi connectivity index (χ2v) is 7.07. The molecule has 6 heteroatoms. The van der Waals surface area contributed by atoms with Gasteiger partial charge in [-0.2, -0.15) is 5.26 Å². The molecule has 0 spiro atoms. The molecule has 1 aliphatic carbocycles. The molecule has 128 valence electrons. The minimum absolute atomic E-state index is 0.349. The molecule has 0 unspecified atom stereocenters. The number of hydrogen-bond donors (Lipinski definition) is 1. The maximum atomic E-state index is 12.2. The van der Waals surface area contributed by atoms with Gasteiger partial charge < -0.3 is 10.1 Å². The van der Waals surface area contributed by atoms with Crippen molar-refractivity contribution in [2.24, 2.45) is 0 Å². The van der Waals surface area contributed by atoms with Crippen molar-refractivity contribution in [3.05, 3.63) is 51.2 Å². The van der Waals surface area contributed by atoms with E-state index in [0.29, 0.717) is 16.1 Å². The lowest BCUT2D eigenvalue weighted by Crippen LogP contribution is -2.20. The summed E-state index contributed by atoms with van der Waals surface area (Å²) in [4.78, 5) is 25.9. The van der Waals surface area contributed by atoms with Gasteiger partial charge in [0.25, 0.3) is 5.91 Å². The highest BCUT2D eigenvalue weighted by molar-refractivity contribution is 7.14. The highest BCUT2D eigenvalue weighted by Crippen LogP contribution is 2.29. The molecule has 1 amide bonds. The van der Waals surface area contributed by atoms with Crippen LogP contribution in [0.25, 0.3) is 0 Å². The maximum absolute atomic E-state index is 12.2. The van der Waals surface area contributed by atoms with E-state index in [1.807, 2.05) is 12.1 Å². The van der Waals surface area contributed by atoms with Gasteiger partial charge in [0, 0.05) is 10.6 Å². The van der Waals surface area contributed by atoms with Crippen LogP contribution in [0.15, 0.2) is 30.3 Å². The number of esters is 1. The highest BCUT2D eigenvalue weighted by Gasteiger charge is 2.18. The van der Waals surface area contributed by atoms with Gasteiger partial charge in [-0.3, -0.25) is 4.79 Å². The quantitative estimate of drug-likeness (QED) is 0.671. The van der Waals surface area contributed by atoms with Crippen molar-refractivity contribution in [1.29, 1.82) is 5.26 Å². The number of carbonyl (C=O) groups excluding carboxylic acids is 2. The Labute approximate surface area is 150 Å². The lowest BCUT2D eigenvalue weighted by molar-refractivity contribution is -0.119. The second-order valence-electron chi connectivity index (χ2n) is 5.94. The fourth-order valence-electron chi connectivity index (χ4n) is 2.83. The van der Waals surface area contributed by atoms with Crippen LogP contribution in [-0.4, -0.2) is 18.5 Å². The van der Waals surface area contributed by atoms with Crippen molar-refractivity contribution in [1.82, 2.24) is 0 Å². The van der Waals surface area contributed by atoms with Crippen LogP contribution in [0.1, 0.15) is 44.9 Å². The van der Waals surface area contributed by atoms with Crippen LogP contribution in [0, 0.1) is 11.3 Å². The molecule has 2 aromatic rings. The van der Waals surface area contributed by atoms with E-state index in [2.05, 4.69) is 5.32 Å². The molecule has 0 bridgehead atoms. The predicted octanol–water partition coefficient (Wildman–Crippen LogP) is 3.68. The van der Waals surface area contributed by atoms with Gasteiger partial charge in [0.15, 0.2) is 6.61 Å². The van der Waals surface area contributed by atoms with Crippen molar-refractivity contribution in [3.8, 4) is 6.07 Å². The number of thiophene rings is 1. The zero-order chi connectivity index (χ0) is 17.6. The summed E-state index contributed by atoms with van der Waals surface area (Å²) in [6, 6.07) is 10.5. The summed E-state index contributed by atoms with van der Waals surface area (Å²) in [5, 5.41) is 11.5. The smallest absolute Gasteiger partial charge is 0.348 e. The number of carbonyl (C=O) groups is 2. The first-order valence-electron chi connectivity index (χ1n) is 8.24. The van der Waals surface area contributed by atoms with E-state index < -0.39 is 11.9 Å². The molecule has 0 aliphatic heterocycles. The summed E-state index contributed by atoms with van der Waals surface area (Å²) in [7, 11) is 0. The molecule has 0 radical (unpaired) electrons. The lowest BCUT2D eigenvalue weighted by Gasteiger charge is -2.06. The molecular weight excluding hydrogens is 336 g/mol. The minimum Gasteiger partial charge on any atom is -0.451 e. The third-order valence-corrected chi connectivity index (χ3v) is 5.27. The Morgan fingerprint density at radius 2 is 2.04 bits per heavy atom. The van der Waals surface area contributed by atoms with Gasteiger partial charge in [0.05, 0.1) is 11.6 Å². The number of nitrogens with zero attached hydrogens (tertiary/aromatic N) is 1. The van der Waals surface area contributed by atoms with Gasteiger partial charge in [0.1, 0.15) is 4.88 Å². The Morgan fingerprint density at radius 3 is 2.88 bits per heavy atom. The Kier molecular flexibility index (Phi) is 5.46. The summed E-state index contributed by atoms with van der Waals surface area (Å²) in [5.41, 5.74) is 2.20. The molecule has 0 fully saturated rings. The zero-order valence-corrected chi connectivity index (χ0v) is 14.5. The third-order valence-electron chi connectivity index (χ3n) is 4.06. The Hall–Kier alpha value is -2.65. The monoisotopic (exact) mass is 354 g/mol. The summed E-state index contributed by atoms with van der Waals surface area (Å²) in [6.07, 6.45) is 5.57. The number of nitriles is 1. The van der Waals surface area contributed by atoms with E-state index in [1.54, 1.807) is 24.3 Å². The van der Waals surface area contributed by atoms with E-state index in [9.17, 15) is 9.59 Å². The fraction of sp³-hybridized carbons (Fsp3) is 0.316. The molecular formula is C19H18N2O3S. The van der Waals surface area contributed by atoms with Crippen molar-refractivity contribution in [2.45, 2.75) is 32.1 Å². The Bertz CT molecular complexity index is 812. The lowest BCUT2D eigenvalue weighted by atomic mass is 10.1. The molecule has 1 aromatic carbocycles. The van der Waals surface area contributed by atoms with Crippen LogP contribution in [-0.2, 0) is 22.4 Å². The van der Waals surface area contributed by atoms with Crippen molar-refractivity contribution in [2.75, 3.05) is 11.9 Å². The average Bonchev–Trinajstić information content (AvgIpc) is 2.90. The summed E-state index contributed by atoms with van der Waals surface area (Å²) < 4.78 is 5.12. The number of rotatable bonds is 4. The minimum atomic E-state index is -0.459. The zero-order valence-electron chi connectivity index (χ0n) is 13.7. The van der Waals surface area contributed by atoms with Crippen molar-refractivity contribution >= 4 is 28.9 Å². The first kappa shape index (κ1) is 17.2. The number of nitrogens with one attached hydrogen (secondary N) is 1. The molecule has 1 aromatic heterocycles. The highest BCUT2D eigenvalue weighted by atomic mass is 32.1. The topological polar surface area (TPSA) is 79.2 Å². The first-order valence-corrected chi connectivity index (χ1v) is 9.06. The normalized spacial score (nSPS) is 13.2. The molecule has 1 heterocycles. The number of amides is 1. The van der Waals surface area contributed by atoms with Gasteiger partial charge in [-0.25, -0.2) is 4.79 Å². The number of aryl methyl sites for hydroxylation is 2. The van der Waals surface area contributed by atoms with Gasteiger partial charge >= 0.3 is 5.97 Å². The van der Waals surface area contributed by atoms with Crippen LogP contribution >= 0.6 is 11.3 Å². The van der Waals surface area contributed by atoms with Crippen LogP contribution in [0.2, 0.25) is 0 Å². The molecule has 1 aliphatic rings. The van der Waals surface area contributed by atoms with E-state index in [4.69, 9.17) is 10.00 Å². The van der Waals surface area contributed by atoms with E-state index in [-0.39, 0.29) is 6.61 Å². The van der Waals surface area contributed by atoms with Crippen LogP contribution in [0.5, 0.6) is 0 Å². The molecule has 0 saturated heterocycles. The van der Waals surface area contributed by atoms with Gasteiger partial charge in [-0.15, -0.1) is 11.3 Å². The van der Waals surface area contributed by atoms with Crippen molar-refractivity contribution < 1.29 is 14.3 Å². The maximum Gasteiger partial charge on any atom is 0.348 e. The standard InChI is InChI=1S/C19H18N2O3S/c20-11-13-5-4-7-15(9-13)21-18(22)12-24-19(23)17-10-14-6-2-1-3-8-16(14)25-17/h4-5,7,9-10H,1-3,6,8,12H2,(H,21,22). The molecule has 0 atom stereocenters. The Morgan fingerprint density at radius 1 is 1.20 bits per heavy atom. The number of fused-ring (bicyclic) bond motifs is 1. The summed E-state index contributed by atoms with van der Waals surface area (Å²) in [6.45, 7) is -0.349. The molecule has 25 heavy (non-hydrogen) atoms. The van der Waals surface area contributed by atoms with Crippen LogP contribution in [0.3, 0.4) is 0 Å². The first-order chi connectivity index (χ1) is 12.2. The molecule has 5 nitrogen and oxygen atoms in total. The van der Waals surface area contributed by atoms with Gasteiger partial charge in [-0.1, -0.05) is 12.5 Å². The molecule has 3 rings (SSSR count). The van der Waals surface area contributed by atoms with Crippen molar-refractivity contribution in [3.63, 3.8) is 0 Å². The Balaban J connectivity index is 1.55. The fourth-order valence-corrected chi connectivity index (χ4v) is 3.98. The SMILES string of the molecule is N#Cc1cccc(NC(=O)COC(=O)c2cc3c(s2)CCCCC3)c1. The number of benzene rings is 1. The number of anilines is 1. The largest absolute Gasteiger partial charge is 0.451 e. The predicted molar refractivity (Wildman–Crippen MR) is 95.6 cm³/mol. The summed E-state index contributed by atoms with van der Waals surface area (Å²) >= 11 is 1.48. The summed E-state index contributed by atoms with van der Waals surface area (Å²) in [5.74, 6) is -0.888. The number of hydrogen-bond acceptors (Lipinski definition) is 5. The average molecular weight is 354 g/mol. The molecule has 1 N–H and O–H groups in total. The molecule has 0 saturated carbocycles. The van der Waals surface area contributed by atoms with E-state index in [1.165, 1.54) is 28.2 Å². The van der Waals surface area contributed by atoms with Crippen LogP contribution in [0.4, 0.5) is 5.69 Å². The van der Waals surface area contributed by atoms with Crippen LogP contribution < -0.4 is 5.32 Å². The van der Waals surface area contributed by atoms with Gasteiger partial charge in [0.2, 0.25) is 0 Å². The van der Waals surface area contributed by atoms with Gasteiger partial charge in [-0.05, 0) is 55.5 Å². The number of ether oxygens (including phenoxy) is 1. The van der Waals surface area contributed by atoms with E-state index in [0.717, 1.165) is 25.7 Å². The second kappa shape index (κ2) is 7.95.